The van der Waals surface area contributed by atoms with E-state index in [1.807, 2.05) is 23.1 Å². The molecule has 0 amide bonds. The van der Waals surface area contributed by atoms with Crippen molar-refractivity contribution in [1.29, 1.82) is 0 Å². The van der Waals surface area contributed by atoms with E-state index in [0.717, 1.165) is 5.82 Å². The Morgan fingerprint density at radius 3 is 2.95 bits per heavy atom. The molecule has 19 heavy (non-hydrogen) atoms. The summed E-state index contributed by atoms with van der Waals surface area (Å²) in [7, 11) is 0. The van der Waals surface area contributed by atoms with Crippen LogP contribution >= 0.6 is 0 Å². The summed E-state index contributed by atoms with van der Waals surface area (Å²) in [4.78, 5) is 16.6. The van der Waals surface area contributed by atoms with Crippen molar-refractivity contribution >= 4 is 17.2 Å². The Morgan fingerprint density at radius 2 is 2.21 bits per heavy atom. The fourth-order valence-electron chi connectivity index (χ4n) is 2.07. The highest BCUT2D eigenvalue weighted by Crippen LogP contribution is 2.38. The average Bonchev–Trinajstić information content (AvgIpc) is 2.47. The van der Waals surface area contributed by atoms with Crippen LogP contribution in [0.2, 0.25) is 0 Å². The van der Waals surface area contributed by atoms with E-state index >= 15 is 0 Å². The van der Waals surface area contributed by atoms with Gasteiger partial charge in [-0.3, -0.25) is 10.1 Å². The Hall–Kier alpha value is -2.63. The molecular weight excluding hydrogens is 246 g/mol. The van der Waals surface area contributed by atoms with Crippen LogP contribution in [-0.4, -0.2) is 23.1 Å². The van der Waals surface area contributed by atoms with Gasteiger partial charge in [0.1, 0.15) is 18.2 Å². The molecule has 6 nitrogen and oxygen atoms in total. The van der Waals surface area contributed by atoms with Gasteiger partial charge in [-0.1, -0.05) is 6.07 Å². The number of nitrogens with zero attached hydrogens (tertiary/aromatic N) is 3. The van der Waals surface area contributed by atoms with Crippen LogP contribution in [0.1, 0.15) is 0 Å². The van der Waals surface area contributed by atoms with Crippen LogP contribution in [0.15, 0.2) is 42.6 Å². The van der Waals surface area contributed by atoms with E-state index in [1.165, 1.54) is 12.1 Å². The number of benzene rings is 1. The van der Waals surface area contributed by atoms with Crippen LogP contribution in [-0.2, 0) is 0 Å². The molecule has 0 fully saturated rings. The quantitative estimate of drug-likeness (QED) is 0.610. The second-order valence-corrected chi connectivity index (χ2v) is 4.10. The highest BCUT2D eigenvalue weighted by Gasteiger charge is 2.22. The van der Waals surface area contributed by atoms with Crippen molar-refractivity contribution in [3.05, 3.63) is 52.7 Å². The van der Waals surface area contributed by atoms with Crippen LogP contribution in [0.5, 0.6) is 5.75 Å². The topological polar surface area (TPSA) is 68.5 Å². The molecule has 3 rings (SSSR count). The molecule has 1 aromatic heterocycles. The second-order valence-electron chi connectivity index (χ2n) is 4.10. The lowest BCUT2D eigenvalue weighted by molar-refractivity contribution is -0.384. The first-order chi connectivity index (χ1) is 9.25. The predicted octanol–water partition coefficient (Wildman–Crippen LogP) is 2.52. The zero-order valence-electron chi connectivity index (χ0n) is 10.0. The summed E-state index contributed by atoms with van der Waals surface area (Å²) < 4.78 is 5.52. The summed E-state index contributed by atoms with van der Waals surface area (Å²) >= 11 is 0. The lowest BCUT2D eigenvalue weighted by Crippen LogP contribution is -2.29. The number of pyridine rings is 1. The summed E-state index contributed by atoms with van der Waals surface area (Å²) in [5, 5.41) is 10.9. The molecule has 0 aliphatic carbocycles. The third kappa shape index (κ3) is 2.08. The smallest absolute Gasteiger partial charge is 0.271 e. The van der Waals surface area contributed by atoms with Crippen molar-refractivity contribution in [2.45, 2.75) is 0 Å². The fraction of sp³-hybridized carbons (Fsp3) is 0.154. The van der Waals surface area contributed by atoms with E-state index in [-0.39, 0.29) is 5.69 Å². The van der Waals surface area contributed by atoms with Crippen molar-refractivity contribution in [2.75, 3.05) is 18.1 Å². The second kappa shape index (κ2) is 4.56. The highest BCUT2D eigenvalue weighted by atomic mass is 16.6. The van der Waals surface area contributed by atoms with E-state index in [1.54, 1.807) is 12.3 Å². The number of anilines is 2. The molecule has 0 radical (unpaired) electrons. The van der Waals surface area contributed by atoms with Gasteiger partial charge < -0.3 is 9.64 Å². The lowest BCUT2D eigenvalue weighted by atomic mass is 10.2. The first-order valence-corrected chi connectivity index (χ1v) is 5.85. The monoisotopic (exact) mass is 257 g/mol. The lowest BCUT2D eigenvalue weighted by Gasteiger charge is -2.30. The molecule has 1 aromatic carbocycles. The normalized spacial score (nSPS) is 13.6. The maximum Gasteiger partial charge on any atom is 0.271 e. The van der Waals surface area contributed by atoms with Crippen LogP contribution < -0.4 is 9.64 Å². The Morgan fingerprint density at radius 1 is 1.32 bits per heavy atom. The number of non-ortho nitro benzene ring substituents is 1. The fourth-order valence-corrected chi connectivity index (χ4v) is 2.07. The van der Waals surface area contributed by atoms with Crippen molar-refractivity contribution in [2.24, 2.45) is 0 Å². The summed E-state index contributed by atoms with van der Waals surface area (Å²) in [6.45, 7) is 1.15. The Bertz CT molecular complexity index is 616. The van der Waals surface area contributed by atoms with E-state index in [2.05, 4.69) is 4.98 Å². The molecule has 1 aliphatic rings. The van der Waals surface area contributed by atoms with Crippen LogP contribution in [0, 0.1) is 10.1 Å². The summed E-state index contributed by atoms with van der Waals surface area (Å²) in [5.74, 6) is 1.40. The molecule has 6 heteroatoms. The van der Waals surface area contributed by atoms with Gasteiger partial charge in [0.25, 0.3) is 5.69 Å². The molecule has 0 atom stereocenters. The number of fused-ring (bicyclic) bond motifs is 1. The zero-order valence-corrected chi connectivity index (χ0v) is 10.0. The standard InChI is InChI=1S/C13H11N3O3/c17-16(18)10-4-5-12-11(9-10)15(7-8-19-12)13-3-1-2-6-14-13/h1-6,9H,7-8H2. The van der Waals surface area contributed by atoms with Gasteiger partial charge in [0.2, 0.25) is 0 Å². The molecule has 0 unspecified atom stereocenters. The first-order valence-electron chi connectivity index (χ1n) is 5.85. The van der Waals surface area contributed by atoms with Gasteiger partial charge in [0, 0.05) is 18.3 Å². The molecule has 1 aliphatic heterocycles. The predicted molar refractivity (Wildman–Crippen MR) is 69.8 cm³/mol. The van der Waals surface area contributed by atoms with Crippen LogP contribution in [0.25, 0.3) is 0 Å². The number of hydrogen-bond acceptors (Lipinski definition) is 5. The first kappa shape index (κ1) is 11.5. The van der Waals surface area contributed by atoms with Crippen molar-refractivity contribution < 1.29 is 9.66 Å². The Kier molecular flexibility index (Phi) is 2.75. The Labute approximate surface area is 109 Å². The van der Waals surface area contributed by atoms with Gasteiger partial charge in [0.05, 0.1) is 17.2 Å². The minimum Gasteiger partial charge on any atom is -0.490 e. The molecule has 2 aromatic rings. The molecule has 0 N–H and O–H groups in total. The van der Waals surface area contributed by atoms with Gasteiger partial charge in [-0.2, -0.15) is 0 Å². The van der Waals surface area contributed by atoms with E-state index in [0.29, 0.717) is 24.6 Å². The third-order valence-corrected chi connectivity index (χ3v) is 2.94. The maximum absolute atomic E-state index is 10.9. The summed E-state index contributed by atoms with van der Waals surface area (Å²) in [5.41, 5.74) is 0.726. The number of hydrogen-bond donors (Lipinski definition) is 0. The molecule has 0 bridgehead atoms. The summed E-state index contributed by atoms with van der Waals surface area (Å²) in [6, 6.07) is 10.2. The average molecular weight is 257 g/mol. The van der Waals surface area contributed by atoms with Gasteiger partial charge in [-0.15, -0.1) is 0 Å². The van der Waals surface area contributed by atoms with E-state index < -0.39 is 4.92 Å². The number of nitro groups is 1. The van der Waals surface area contributed by atoms with E-state index in [4.69, 9.17) is 4.74 Å². The minimum absolute atomic E-state index is 0.0465. The van der Waals surface area contributed by atoms with Gasteiger partial charge in [0.15, 0.2) is 0 Å². The summed E-state index contributed by atoms with van der Waals surface area (Å²) in [6.07, 6.45) is 1.70. The minimum atomic E-state index is -0.411. The molecule has 0 saturated carbocycles. The largest absolute Gasteiger partial charge is 0.490 e. The van der Waals surface area contributed by atoms with Crippen molar-refractivity contribution in [3.63, 3.8) is 0 Å². The van der Waals surface area contributed by atoms with Crippen LogP contribution in [0.3, 0.4) is 0 Å². The molecular formula is C13H11N3O3. The maximum atomic E-state index is 10.9. The zero-order chi connectivity index (χ0) is 13.2. The van der Waals surface area contributed by atoms with Gasteiger partial charge >= 0.3 is 0 Å². The van der Waals surface area contributed by atoms with Gasteiger partial charge in [-0.05, 0) is 18.2 Å². The Balaban J connectivity index is 2.08. The van der Waals surface area contributed by atoms with Crippen molar-refractivity contribution in [3.8, 4) is 5.75 Å². The molecule has 96 valence electrons. The van der Waals surface area contributed by atoms with E-state index in [9.17, 15) is 10.1 Å². The van der Waals surface area contributed by atoms with Gasteiger partial charge in [-0.25, -0.2) is 4.98 Å². The molecule has 0 spiro atoms. The third-order valence-electron chi connectivity index (χ3n) is 2.94. The number of aromatic nitrogens is 1. The SMILES string of the molecule is O=[N+]([O-])c1ccc2c(c1)N(c1ccccn1)CCO2. The number of nitro benzene ring substituents is 1. The number of rotatable bonds is 2. The molecule has 0 saturated heterocycles. The molecule has 2 heterocycles. The highest BCUT2D eigenvalue weighted by molar-refractivity contribution is 5.71. The number of ether oxygens (including phenoxy) is 1. The van der Waals surface area contributed by atoms with Crippen molar-refractivity contribution in [1.82, 2.24) is 4.98 Å². The van der Waals surface area contributed by atoms with Crippen LogP contribution in [0.4, 0.5) is 17.2 Å².